The molecule has 0 bridgehead atoms. The third-order valence-electron chi connectivity index (χ3n) is 3.91. The largest absolute Gasteiger partial charge is 0.308 e. The summed E-state index contributed by atoms with van der Waals surface area (Å²) >= 11 is 4.54. The van der Waals surface area contributed by atoms with Crippen molar-refractivity contribution in [1.29, 1.82) is 0 Å². The topological polar surface area (TPSA) is 72.7 Å². The van der Waals surface area contributed by atoms with Crippen LogP contribution in [0.4, 0.5) is 5.13 Å². The van der Waals surface area contributed by atoms with Gasteiger partial charge in [0.15, 0.2) is 10.3 Å². The monoisotopic (exact) mass is 427 g/mol. The van der Waals surface area contributed by atoms with Crippen molar-refractivity contribution in [2.24, 2.45) is 0 Å². The maximum Gasteiger partial charge on any atom is 0.236 e. The standard InChI is InChI=1S/C19H17N5OS3/c25-17(22-18-21-16(11-27-18)14-5-2-1-3-6-14)12-28-19-23-20-13-24(19)9-8-15-7-4-10-26-15/h1-7,10-11,13H,8-9,12H2,(H,21,22,25). The highest BCUT2D eigenvalue weighted by atomic mass is 32.2. The molecule has 0 saturated heterocycles. The number of hydrogen-bond acceptors (Lipinski definition) is 7. The molecule has 4 aromatic rings. The van der Waals surface area contributed by atoms with Crippen LogP contribution in [0.15, 0.2) is 64.7 Å². The van der Waals surface area contributed by atoms with E-state index in [-0.39, 0.29) is 11.7 Å². The molecule has 1 amide bonds. The van der Waals surface area contributed by atoms with Gasteiger partial charge in [-0.15, -0.1) is 32.9 Å². The first-order valence-corrected chi connectivity index (χ1v) is 11.4. The van der Waals surface area contributed by atoms with E-state index in [1.54, 1.807) is 17.7 Å². The van der Waals surface area contributed by atoms with Crippen LogP contribution >= 0.6 is 34.4 Å². The molecule has 4 rings (SSSR count). The van der Waals surface area contributed by atoms with Gasteiger partial charge in [0.25, 0.3) is 0 Å². The zero-order chi connectivity index (χ0) is 19.2. The van der Waals surface area contributed by atoms with E-state index in [2.05, 4.69) is 31.9 Å². The molecule has 0 aliphatic carbocycles. The predicted molar refractivity (Wildman–Crippen MR) is 115 cm³/mol. The zero-order valence-electron chi connectivity index (χ0n) is 14.8. The maximum absolute atomic E-state index is 12.3. The van der Waals surface area contributed by atoms with Gasteiger partial charge in [-0.1, -0.05) is 48.2 Å². The number of rotatable bonds is 8. The second kappa shape index (κ2) is 9.13. The Balaban J connectivity index is 1.29. The van der Waals surface area contributed by atoms with Crippen molar-refractivity contribution in [3.8, 4) is 11.3 Å². The van der Waals surface area contributed by atoms with Crippen LogP contribution in [0.5, 0.6) is 0 Å². The number of nitrogens with one attached hydrogen (secondary N) is 1. The number of amides is 1. The number of nitrogens with zero attached hydrogens (tertiary/aromatic N) is 4. The van der Waals surface area contributed by atoms with Crippen LogP contribution in [-0.4, -0.2) is 31.4 Å². The molecule has 1 aromatic carbocycles. The van der Waals surface area contributed by atoms with E-state index in [0.717, 1.165) is 29.4 Å². The van der Waals surface area contributed by atoms with Gasteiger partial charge in [0.05, 0.1) is 11.4 Å². The number of carbonyl (C=O) groups is 1. The molecular formula is C19H17N5OS3. The maximum atomic E-state index is 12.3. The summed E-state index contributed by atoms with van der Waals surface area (Å²) in [5.74, 6) is 0.157. The summed E-state index contributed by atoms with van der Waals surface area (Å²) in [4.78, 5) is 18.1. The van der Waals surface area contributed by atoms with Gasteiger partial charge in [-0.05, 0) is 17.9 Å². The second-order valence-electron chi connectivity index (χ2n) is 5.88. The first kappa shape index (κ1) is 18.9. The highest BCUT2D eigenvalue weighted by molar-refractivity contribution is 7.99. The van der Waals surface area contributed by atoms with Gasteiger partial charge in [0, 0.05) is 22.4 Å². The lowest BCUT2D eigenvalue weighted by Gasteiger charge is -2.05. The lowest BCUT2D eigenvalue weighted by molar-refractivity contribution is -0.113. The zero-order valence-corrected chi connectivity index (χ0v) is 17.3. The summed E-state index contributed by atoms with van der Waals surface area (Å²) in [7, 11) is 0. The number of carbonyl (C=O) groups excluding carboxylic acids is 1. The van der Waals surface area contributed by atoms with Gasteiger partial charge in [-0.2, -0.15) is 0 Å². The highest BCUT2D eigenvalue weighted by Gasteiger charge is 2.11. The van der Waals surface area contributed by atoms with Gasteiger partial charge in [0.1, 0.15) is 6.33 Å². The van der Waals surface area contributed by atoms with Crippen molar-refractivity contribution < 1.29 is 4.79 Å². The molecular weight excluding hydrogens is 410 g/mol. The minimum atomic E-state index is -0.105. The first-order valence-electron chi connectivity index (χ1n) is 8.62. The van der Waals surface area contributed by atoms with Gasteiger partial charge in [-0.25, -0.2) is 4.98 Å². The Morgan fingerprint density at radius 1 is 1.14 bits per heavy atom. The van der Waals surface area contributed by atoms with Crippen molar-refractivity contribution in [3.63, 3.8) is 0 Å². The van der Waals surface area contributed by atoms with Crippen LogP contribution in [0, 0.1) is 0 Å². The lowest BCUT2D eigenvalue weighted by Crippen LogP contribution is -2.14. The number of anilines is 1. The molecule has 0 radical (unpaired) electrons. The number of thiazole rings is 1. The number of hydrogen-bond donors (Lipinski definition) is 1. The third-order valence-corrected chi connectivity index (χ3v) is 6.59. The Morgan fingerprint density at radius 3 is 2.86 bits per heavy atom. The molecule has 6 nitrogen and oxygen atoms in total. The van der Waals surface area contributed by atoms with E-state index in [9.17, 15) is 4.79 Å². The molecule has 9 heteroatoms. The molecule has 0 fully saturated rings. The first-order chi connectivity index (χ1) is 13.8. The number of thiophene rings is 1. The highest BCUT2D eigenvalue weighted by Crippen LogP contribution is 2.25. The summed E-state index contributed by atoms with van der Waals surface area (Å²) in [6.45, 7) is 0.796. The summed E-state index contributed by atoms with van der Waals surface area (Å²) in [5.41, 5.74) is 1.90. The quantitative estimate of drug-likeness (QED) is 0.421. The van der Waals surface area contributed by atoms with Crippen molar-refractivity contribution in [1.82, 2.24) is 19.7 Å². The van der Waals surface area contributed by atoms with Crippen LogP contribution in [0.25, 0.3) is 11.3 Å². The Bertz CT molecular complexity index is 1030. The fourth-order valence-corrected chi connectivity index (χ4v) is 4.73. The smallest absolute Gasteiger partial charge is 0.236 e. The van der Waals surface area contributed by atoms with Gasteiger partial charge in [-0.3, -0.25) is 4.79 Å². The average Bonchev–Trinajstić information content (AvgIpc) is 3.47. The van der Waals surface area contributed by atoms with Crippen molar-refractivity contribution in [2.75, 3.05) is 11.1 Å². The fourth-order valence-electron chi connectivity index (χ4n) is 2.55. The number of benzene rings is 1. The van der Waals surface area contributed by atoms with Crippen LogP contribution in [-0.2, 0) is 17.8 Å². The Kier molecular flexibility index (Phi) is 6.15. The van der Waals surface area contributed by atoms with Crippen LogP contribution < -0.4 is 5.32 Å². The molecule has 3 aromatic heterocycles. The Morgan fingerprint density at radius 2 is 2.04 bits per heavy atom. The SMILES string of the molecule is O=C(CSc1nncn1CCc1cccs1)Nc1nc(-c2ccccc2)cs1. The van der Waals surface area contributed by atoms with E-state index < -0.39 is 0 Å². The molecule has 0 spiro atoms. The molecule has 0 unspecified atom stereocenters. The Hall–Kier alpha value is -2.49. The van der Waals surface area contributed by atoms with Crippen molar-refractivity contribution in [3.05, 3.63) is 64.4 Å². The van der Waals surface area contributed by atoms with Crippen molar-refractivity contribution >= 4 is 45.5 Å². The lowest BCUT2D eigenvalue weighted by atomic mass is 10.2. The number of aromatic nitrogens is 4. The molecule has 0 saturated carbocycles. The van der Waals surface area contributed by atoms with E-state index in [4.69, 9.17) is 0 Å². The normalized spacial score (nSPS) is 10.9. The molecule has 28 heavy (non-hydrogen) atoms. The minimum absolute atomic E-state index is 0.105. The second-order valence-corrected chi connectivity index (χ2v) is 8.71. The number of thioether (sulfide) groups is 1. The molecule has 0 atom stereocenters. The molecule has 0 aliphatic rings. The van der Waals surface area contributed by atoms with Crippen LogP contribution in [0.2, 0.25) is 0 Å². The van der Waals surface area contributed by atoms with E-state index in [0.29, 0.717) is 5.13 Å². The summed E-state index contributed by atoms with van der Waals surface area (Å²) in [6, 6.07) is 14.1. The Labute approximate surface area is 174 Å². The fraction of sp³-hybridized carbons (Fsp3) is 0.158. The van der Waals surface area contributed by atoms with Gasteiger partial charge < -0.3 is 9.88 Å². The van der Waals surface area contributed by atoms with Gasteiger partial charge >= 0.3 is 0 Å². The average molecular weight is 428 g/mol. The third kappa shape index (κ3) is 4.86. The van der Waals surface area contributed by atoms with Crippen molar-refractivity contribution in [2.45, 2.75) is 18.1 Å². The van der Waals surface area contributed by atoms with Crippen LogP contribution in [0.3, 0.4) is 0 Å². The minimum Gasteiger partial charge on any atom is -0.308 e. The van der Waals surface area contributed by atoms with Crippen LogP contribution in [0.1, 0.15) is 4.88 Å². The van der Waals surface area contributed by atoms with E-state index in [1.807, 2.05) is 46.3 Å². The molecule has 142 valence electrons. The molecule has 1 N–H and O–H groups in total. The van der Waals surface area contributed by atoms with E-state index in [1.165, 1.54) is 28.0 Å². The summed E-state index contributed by atoms with van der Waals surface area (Å²) in [5, 5.41) is 16.3. The summed E-state index contributed by atoms with van der Waals surface area (Å²) in [6.07, 6.45) is 2.64. The summed E-state index contributed by atoms with van der Waals surface area (Å²) < 4.78 is 1.98. The molecule has 3 heterocycles. The van der Waals surface area contributed by atoms with Gasteiger partial charge in [0.2, 0.25) is 5.91 Å². The van der Waals surface area contributed by atoms with E-state index >= 15 is 0 Å². The predicted octanol–water partition coefficient (Wildman–Crippen LogP) is 4.44. The molecule has 0 aliphatic heterocycles. The number of aryl methyl sites for hydroxylation is 2.